The summed E-state index contributed by atoms with van der Waals surface area (Å²) in [6.45, 7) is 4.05. The number of ether oxygens (including phenoxy) is 2. The minimum Gasteiger partial charge on any atom is -0.454 e. The monoisotopic (exact) mass is 355 g/mol. The summed E-state index contributed by atoms with van der Waals surface area (Å²) in [6, 6.07) is 5.10. The molecule has 1 aliphatic rings. The van der Waals surface area contributed by atoms with Crippen molar-refractivity contribution in [2.24, 2.45) is 11.7 Å². The molecule has 2 heterocycles. The van der Waals surface area contributed by atoms with E-state index in [0.29, 0.717) is 10.9 Å². The highest BCUT2D eigenvalue weighted by atomic mass is 35.5. The number of carbonyl (C=O) groups excluding carboxylic acids is 1. The summed E-state index contributed by atoms with van der Waals surface area (Å²) >= 11 is 1.36. The van der Waals surface area contributed by atoms with Crippen molar-refractivity contribution in [3.63, 3.8) is 0 Å². The van der Waals surface area contributed by atoms with Crippen molar-refractivity contribution in [2.75, 3.05) is 12.1 Å². The number of halogens is 1. The highest BCUT2D eigenvalue weighted by molar-refractivity contribution is 7.14. The SMILES string of the molecule is CC(C)[C@H](N)C(=O)Nc1nc(-c2ccc3c(c2)OCO3)cs1.Cl. The number of amides is 1. The van der Waals surface area contributed by atoms with Crippen molar-refractivity contribution in [1.29, 1.82) is 0 Å². The van der Waals surface area contributed by atoms with Crippen LogP contribution in [0.15, 0.2) is 23.6 Å². The van der Waals surface area contributed by atoms with Crippen molar-refractivity contribution in [1.82, 2.24) is 4.98 Å². The van der Waals surface area contributed by atoms with E-state index in [0.717, 1.165) is 17.0 Å². The summed E-state index contributed by atoms with van der Waals surface area (Å²) in [5.41, 5.74) is 7.51. The molecule has 1 amide bonds. The molecule has 23 heavy (non-hydrogen) atoms. The maximum atomic E-state index is 11.9. The number of aromatic nitrogens is 1. The lowest BCUT2D eigenvalue weighted by molar-refractivity contribution is -0.118. The first kappa shape index (κ1) is 17.5. The first-order chi connectivity index (χ1) is 10.5. The van der Waals surface area contributed by atoms with E-state index in [1.807, 2.05) is 37.4 Å². The van der Waals surface area contributed by atoms with Crippen LogP contribution in [-0.4, -0.2) is 23.7 Å². The maximum Gasteiger partial charge on any atom is 0.243 e. The van der Waals surface area contributed by atoms with Gasteiger partial charge in [-0.15, -0.1) is 23.7 Å². The van der Waals surface area contributed by atoms with Gasteiger partial charge in [0, 0.05) is 10.9 Å². The van der Waals surface area contributed by atoms with Crippen LogP contribution in [0, 0.1) is 5.92 Å². The van der Waals surface area contributed by atoms with Gasteiger partial charge in [0.1, 0.15) is 0 Å². The Balaban J connectivity index is 0.00000192. The summed E-state index contributed by atoms with van der Waals surface area (Å²) in [6.07, 6.45) is 0. The molecule has 0 radical (unpaired) electrons. The molecule has 1 atom stereocenters. The highest BCUT2D eigenvalue weighted by Gasteiger charge is 2.19. The summed E-state index contributed by atoms with van der Waals surface area (Å²) in [7, 11) is 0. The Morgan fingerprint density at radius 2 is 2.09 bits per heavy atom. The summed E-state index contributed by atoms with van der Waals surface area (Å²) in [5, 5.41) is 5.17. The number of benzene rings is 1. The Bertz CT molecular complexity index is 705. The number of nitrogens with two attached hydrogens (primary N) is 1. The summed E-state index contributed by atoms with van der Waals surface area (Å²) in [5.74, 6) is 1.29. The van der Waals surface area contributed by atoms with Crippen LogP contribution in [0.4, 0.5) is 5.13 Å². The molecule has 6 nitrogen and oxygen atoms in total. The minimum absolute atomic E-state index is 0. The molecular weight excluding hydrogens is 338 g/mol. The molecule has 0 unspecified atom stereocenters. The zero-order chi connectivity index (χ0) is 15.7. The molecule has 124 valence electrons. The van der Waals surface area contributed by atoms with Gasteiger partial charge in [-0.2, -0.15) is 0 Å². The van der Waals surface area contributed by atoms with Crippen LogP contribution >= 0.6 is 23.7 Å². The van der Waals surface area contributed by atoms with Crippen LogP contribution in [0.25, 0.3) is 11.3 Å². The number of fused-ring (bicyclic) bond motifs is 1. The van der Waals surface area contributed by atoms with E-state index < -0.39 is 6.04 Å². The molecule has 3 rings (SSSR count). The lowest BCUT2D eigenvalue weighted by Crippen LogP contribution is -2.39. The minimum atomic E-state index is -0.544. The van der Waals surface area contributed by atoms with E-state index in [4.69, 9.17) is 15.2 Å². The molecule has 0 spiro atoms. The molecular formula is C15H18ClN3O3S. The van der Waals surface area contributed by atoms with Gasteiger partial charge in [0.15, 0.2) is 16.6 Å². The van der Waals surface area contributed by atoms with E-state index in [-0.39, 0.29) is 31.0 Å². The van der Waals surface area contributed by atoms with Gasteiger partial charge < -0.3 is 20.5 Å². The van der Waals surface area contributed by atoms with Crippen LogP contribution in [0.1, 0.15) is 13.8 Å². The highest BCUT2D eigenvalue weighted by Crippen LogP contribution is 2.36. The maximum absolute atomic E-state index is 11.9. The summed E-state index contributed by atoms with van der Waals surface area (Å²) in [4.78, 5) is 16.4. The molecule has 1 aromatic carbocycles. The molecule has 0 aliphatic carbocycles. The average Bonchev–Trinajstić information content (AvgIpc) is 3.13. The fraction of sp³-hybridized carbons (Fsp3) is 0.333. The van der Waals surface area contributed by atoms with E-state index in [9.17, 15) is 4.79 Å². The third-order valence-corrected chi connectivity index (χ3v) is 4.18. The van der Waals surface area contributed by atoms with Crippen molar-refractivity contribution in [3.05, 3.63) is 23.6 Å². The second-order valence-electron chi connectivity index (χ2n) is 5.36. The second-order valence-corrected chi connectivity index (χ2v) is 6.22. The van der Waals surface area contributed by atoms with Crippen LogP contribution in [0.2, 0.25) is 0 Å². The van der Waals surface area contributed by atoms with Crippen molar-refractivity contribution in [3.8, 4) is 22.8 Å². The second kappa shape index (κ2) is 7.16. The number of thiazole rings is 1. The molecule has 3 N–H and O–H groups in total. The third-order valence-electron chi connectivity index (χ3n) is 3.42. The average molecular weight is 356 g/mol. The number of nitrogens with one attached hydrogen (secondary N) is 1. The Morgan fingerprint density at radius 3 is 2.83 bits per heavy atom. The van der Waals surface area contributed by atoms with Crippen LogP contribution < -0.4 is 20.5 Å². The number of carbonyl (C=O) groups is 1. The number of hydrogen-bond acceptors (Lipinski definition) is 6. The molecule has 1 aromatic heterocycles. The van der Waals surface area contributed by atoms with Crippen LogP contribution in [0.5, 0.6) is 11.5 Å². The molecule has 0 fully saturated rings. The number of nitrogens with zero attached hydrogens (tertiary/aromatic N) is 1. The van der Waals surface area contributed by atoms with E-state index in [1.165, 1.54) is 11.3 Å². The van der Waals surface area contributed by atoms with E-state index >= 15 is 0 Å². The van der Waals surface area contributed by atoms with Gasteiger partial charge in [-0.3, -0.25) is 4.79 Å². The molecule has 0 bridgehead atoms. The van der Waals surface area contributed by atoms with Crippen molar-refractivity contribution < 1.29 is 14.3 Å². The quantitative estimate of drug-likeness (QED) is 0.880. The fourth-order valence-corrected chi connectivity index (χ4v) is 2.73. The van der Waals surface area contributed by atoms with Crippen LogP contribution in [0.3, 0.4) is 0 Å². The van der Waals surface area contributed by atoms with Gasteiger partial charge in [-0.05, 0) is 24.1 Å². The zero-order valence-corrected chi connectivity index (χ0v) is 14.4. The Kier molecular flexibility index (Phi) is 5.46. The topological polar surface area (TPSA) is 86.5 Å². The summed E-state index contributed by atoms with van der Waals surface area (Å²) < 4.78 is 10.6. The molecule has 2 aromatic rings. The Hall–Kier alpha value is -1.83. The van der Waals surface area contributed by atoms with Gasteiger partial charge in [0.05, 0.1) is 11.7 Å². The standard InChI is InChI=1S/C15H17N3O3S.ClH/c1-8(2)13(16)14(19)18-15-17-10(6-22-15)9-3-4-11-12(5-9)21-7-20-11;/h3-6,8,13H,7,16H2,1-2H3,(H,17,18,19);1H/t13-;/m0./s1. The first-order valence-electron chi connectivity index (χ1n) is 6.96. The Labute approximate surface area is 144 Å². The van der Waals surface area contributed by atoms with E-state index in [2.05, 4.69) is 10.3 Å². The normalized spacial score (nSPS) is 13.6. The van der Waals surface area contributed by atoms with Gasteiger partial charge in [-0.1, -0.05) is 13.8 Å². The van der Waals surface area contributed by atoms with Gasteiger partial charge in [-0.25, -0.2) is 4.98 Å². The van der Waals surface area contributed by atoms with Crippen LogP contribution in [-0.2, 0) is 4.79 Å². The van der Waals surface area contributed by atoms with Gasteiger partial charge in [0.25, 0.3) is 0 Å². The number of anilines is 1. The lowest BCUT2D eigenvalue weighted by Gasteiger charge is -2.13. The van der Waals surface area contributed by atoms with Gasteiger partial charge >= 0.3 is 0 Å². The number of hydrogen-bond donors (Lipinski definition) is 2. The first-order valence-corrected chi connectivity index (χ1v) is 7.84. The zero-order valence-electron chi connectivity index (χ0n) is 12.7. The molecule has 8 heteroatoms. The Morgan fingerprint density at radius 1 is 1.35 bits per heavy atom. The van der Waals surface area contributed by atoms with E-state index in [1.54, 1.807) is 0 Å². The fourth-order valence-electron chi connectivity index (χ4n) is 2.01. The molecule has 0 saturated carbocycles. The van der Waals surface area contributed by atoms with Gasteiger partial charge in [0.2, 0.25) is 12.7 Å². The third kappa shape index (κ3) is 3.74. The predicted molar refractivity (Wildman–Crippen MR) is 92.4 cm³/mol. The molecule has 0 saturated heterocycles. The largest absolute Gasteiger partial charge is 0.454 e. The van der Waals surface area contributed by atoms with Crippen molar-refractivity contribution in [2.45, 2.75) is 19.9 Å². The lowest BCUT2D eigenvalue weighted by atomic mass is 10.1. The number of rotatable bonds is 4. The van der Waals surface area contributed by atoms with Crippen molar-refractivity contribution >= 4 is 34.8 Å². The predicted octanol–water partition coefficient (Wildman–Crippen LogP) is 2.88. The molecule has 1 aliphatic heterocycles. The smallest absolute Gasteiger partial charge is 0.243 e.